The fourth-order valence-corrected chi connectivity index (χ4v) is 3.49. The van der Waals surface area contributed by atoms with Crippen molar-refractivity contribution in [1.29, 1.82) is 0 Å². The molecule has 0 fully saturated rings. The molecule has 4 nitrogen and oxygen atoms in total. The molecule has 0 aliphatic carbocycles. The molecule has 0 aliphatic rings. The molecule has 3 rings (SSSR count). The van der Waals surface area contributed by atoms with E-state index >= 15 is 0 Å². The summed E-state index contributed by atoms with van der Waals surface area (Å²) in [4.78, 5) is 16.2. The van der Waals surface area contributed by atoms with E-state index in [9.17, 15) is 4.79 Å². The molecule has 6 heteroatoms. The van der Waals surface area contributed by atoms with Gasteiger partial charge in [0.1, 0.15) is 5.75 Å². The van der Waals surface area contributed by atoms with Gasteiger partial charge in [-0.25, -0.2) is 4.98 Å². The van der Waals surface area contributed by atoms with Gasteiger partial charge in [-0.15, -0.1) is 0 Å². The van der Waals surface area contributed by atoms with E-state index < -0.39 is 5.97 Å². The Morgan fingerprint density at radius 1 is 1.19 bits per heavy atom. The fraction of sp³-hybridized carbons (Fsp3) is 0.143. The van der Waals surface area contributed by atoms with Crippen molar-refractivity contribution in [3.8, 4) is 5.75 Å². The van der Waals surface area contributed by atoms with E-state index in [0.29, 0.717) is 13.0 Å². The normalized spacial score (nSPS) is 11.1. The van der Waals surface area contributed by atoms with Gasteiger partial charge in [0.15, 0.2) is 0 Å². The summed E-state index contributed by atoms with van der Waals surface area (Å²) in [7, 11) is 0. The molecule has 138 valence electrons. The minimum absolute atomic E-state index is 0.118. The van der Waals surface area contributed by atoms with Gasteiger partial charge in [-0.3, -0.25) is 4.79 Å². The second-order valence-electron chi connectivity index (χ2n) is 5.81. The number of thioether (sulfide) groups is 1. The Morgan fingerprint density at radius 3 is 2.89 bits per heavy atom. The van der Waals surface area contributed by atoms with Crippen LogP contribution in [-0.2, 0) is 4.79 Å². The number of ether oxygens (including phenoxy) is 1. The van der Waals surface area contributed by atoms with Crippen molar-refractivity contribution in [2.24, 2.45) is 0 Å². The molecule has 1 aromatic heterocycles. The van der Waals surface area contributed by atoms with Gasteiger partial charge < -0.3 is 9.84 Å². The van der Waals surface area contributed by atoms with Crippen LogP contribution >= 0.6 is 27.7 Å². The Balaban J connectivity index is 1.59. The van der Waals surface area contributed by atoms with Crippen LogP contribution in [-0.4, -0.2) is 22.7 Å². The molecule has 3 aromatic rings. The smallest absolute Gasteiger partial charge is 0.303 e. The van der Waals surface area contributed by atoms with Crippen molar-refractivity contribution in [3.63, 3.8) is 0 Å². The summed E-state index contributed by atoms with van der Waals surface area (Å²) in [5.74, 6) is -0.0600. The average molecular weight is 444 g/mol. The lowest BCUT2D eigenvalue weighted by atomic mass is 10.2. The minimum atomic E-state index is -0.803. The predicted molar refractivity (Wildman–Crippen MR) is 113 cm³/mol. The van der Waals surface area contributed by atoms with E-state index in [0.717, 1.165) is 31.7 Å². The minimum Gasteiger partial charge on any atom is -0.494 e. The van der Waals surface area contributed by atoms with Crippen molar-refractivity contribution in [3.05, 3.63) is 70.2 Å². The molecule has 0 spiro atoms. The Labute approximate surface area is 170 Å². The number of aromatic nitrogens is 1. The molecule has 0 amide bonds. The van der Waals surface area contributed by atoms with Crippen LogP contribution in [0.3, 0.4) is 0 Å². The highest BCUT2D eigenvalue weighted by molar-refractivity contribution is 9.10. The van der Waals surface area contributed by atoms with Crippen LogP contribution in [0, 0.1) is 0 Å². The molecule has 0 unspecified atom stereocenters. The summed E-state index contributed by atoms with van der Waals surface area (Å²) in [5.41, 5.74) is 1.85. The maximum absolute atomic E-state index is 10.5. The summed E-state index contributed by atoms with van der Waals surface area (Å²) >= 11 is 5.05. The number of carboxylic acids is 1. The van der Waals surface area contributed by atoms with Gasteiger partial charge in [0, 0.05) is 21.2 Å². The molecule has 0 aliphatic heterocycles. The predicted octanol–water partition coefficient (Wildman–Crippen LogP) is 6.00. The molecule has 1 N–H and O–H groups in total. The number of carbonyl (C=O) groups is 1. The summed E-state index contributed by atoms with van der Waals surface area (Å²) in [6.45, 7) is 0.396. The number of pyridine rings is 1. The molecule has 0 saturated heterocycles. The number of hydrogen-bond donors (Lipinski definition) is 1. The van der Waals surface area contributed by atoms with E-state index in [1.54, 1.807) is 11.8 Å². The maximum Gasteiger partial charge on any atom is 0.303 e. The second kappa shape index (κ2) is 9.58. The Hall–Kier alpha value is -2.31. The molecular formula is C21H18BrNO3S. The number of carboxylic acid groups (broad SMARTS) is 1. The molecule has 27 heavy (non-hydrogen) atoms. The first-order chi connectivity index (χ1) is 13.1. The van der Waals surface area contributed by atoms with Gasteiger partial charge in [-0.2, -0.15) is 0 Å². The monoisotopic (exact) mass is 443 g/mol. The summed E-state index contributed by atoms with van der Waals surface area (Å²) < 4.78 is 6.62. The molecule has 0 atom stereocenters. The van der Waals surface area contributed by atoms with Gasteiger partial charge in [-0.05, 0) is 54.3 Å². The van der Waals surface area contributed by atoms with Gasteiger partial charge in [0.2, 0.25) is 0 Å². The summed E-state index contributed by atoms with van der Waals surface area (Å²) in [6, 6.07) is 17.9. The van der Waals surface area contributed by atoms with Gasteiger partial charge in [0.25, 0.3) is 0 Å². The number of halogens is 1. The van der Waals surface area contributed by atoms with Gasteiger partial charge in [0.05, 0.1) is 17.8 Å². The van der Waals surface area contributed by atoms with Crippen molar-refractivity contribution in [2.45, 2.75) is 17.7 Å². The van der Waals surface area contributed by atoms with Crippen molar-refractivity contribution in [1.82, 2.24) is 4.98 Å². The van der Waals surface area contributed by atoms with E-state index in [1.165, 1.54) is 0 Å². The molecule has 0 bridgehead atoms. The number of rotatable bonds is 8. The van der Waals surface area contributed by atoms with E-state index in [2.05, 4.69) is 27.0 Å². The summed E-state index contributed by atoms with van der Waals surface area (Å²) in [5, 5.41) is 11.7. The zero-order chi connectivity index (χ0) is 19.1. The van der Waals surface area contributed by atoms with Crippen LogP contribution in [0.1, 0.15) is 18.5 Å². The number of fused-ring (bicyclic) bond motifs is 1. The van der Waals surface area contributed by atoms with Crippen LogP contribution < -0.4 is 4.74 Å². The third-order valence-electron chi connectivity index (χ3n) is 3.73. The van der Waals surface area contributed by atoms with E-state index in [4.69, 9.17) is 9.84 Å². The molecule has 0 saturated carbocycles. The fourth-order valence-electron chi connectivity index (χ4n) is 2.43. The Morgan fingerprint density at radius 2 is 2.04 bits per heavy atom. The van der Waals surface area contributed by atoms with Gasteiger partial charge in [-0.1, -0.05) is 45.9 Å². The highest BCUT2D eigenvalue weighted by Crippen LogP contribution is 2.25. The zero-order valence-electron chi connectivity index (χ0n) is 14.5. The quantitative estimate of drug-likeness (QED) is 0.341. The lowest BCUT2D eigenvalue weighted by Crippen LogP contribution is -2.01. The maximum atomic E-state index is 10.5. The van der Waals surface area contributed by atoms with E-state index in [-0.39, 0.29) is 6.42 Å². The standard InChI is InChI=1S/C21H18BrNO3S/c22-16-8-6-15-7-9-17(23-20(15)13-16)10-12-27-19-4-1-3-18(14-19)26-11-2-5-21(24)25/h1,3-4,6-10,12-14H,2,5,11H2,(H,24,25). The highest BCUT2D eigenvalue weighted by Gasteiger charge is 2.00. The largest absolute Gasteiger partial charge is 0.494 e. The number of benzene rings is 2. The van der Waals surface area contributed by atoms with Crippen LogP contribution in [0.5, 0.6) is 5.75 Å². The first-order valence-electron chi connectivity index (χ1n) is 8.44. The average Bonchev–Trinajstić information content (AvgIpc) is 2.65. The zero-order valence-corrected chi connectivity index (χ0v) is 16.9. The SMILES string of the molecule is O=C(O)CCCOc1cccc(SC=Cc2ccc3ccc(Br)cc3n2)c1. The Bertz CT molecular complexity index is 975. The van der Waals surface area contributed by atoms with Crippen molar-refractivity contribution >= 4 is 50.6 Å². The molecule has 1 heterocycles. The second-order valence-corrected chi connectivity index (χ2v) is 7.71. The lowest BCUT2D eigenvalue weighted by molar-refractivity contribution is -0.137. The number of hydrogen-bond acceptors (Lipinski definition) is 4. The molecular weight excluding hydrogens is 426 g/mol. The highest BCUT2D eigenvalue weighted by atomic mass is 79.9. The first-order valence-corrected chi connectivity index (χ1v) is 10.1. The Kier molecular flexibility index (Phi) is 6.90. The third-order valence-corrected chi connectivity index (χ3v) is 5.02. The van der Waals surface area contributed by atoms with Crippen LogP contribution in [0.15, 0.2) is 69.4 Å². The molecule has 0 radical (unpaired) electrons. The molecule has 2 aromatic carbocycles. The number of aliphatic carboxylic acids is 1. The summed E-state index contributed by atoms with van der Waals surface area (Å²) in [6.07, 6.45) is 2.59. The third kappa shape index (κ3) is 6.12. The first kappa shape index (κ1) is 19.5. The van der Waals surface area contributed by atoms with Gasteiger partial charge >= 0.3 is 5.97 Å². The van der Waals surface area contributed by atoms with Crippen LogP contribution in [0.4, 0.5) is 0 Å². The number of nitrogens with zero attached hydrogens (tertiary/aromatic N) is 1. The van der Waals surface area contributed by atoms with Crippen LogP contribution in [0.25, 0.3) is 17.0 Å². The lowest BCUT2D eigenvalue weighted by Gasteiger charge is -2.06. The van der Waals surface area contributed by atoms with Crippen molar-refractivity contribution < 1.29 is 14.6 Å². The van der Waals surface area contributed by atoms with Crippen molar-refractivity contribution in [2.75, 3.05) is 6.61 Å². The van der Waals surface area contributed by atoms with Crippen LogP contribution in [0.2, 0.25) is 0 Å². The topological polar surface area (TPSA) is 59.4 Å². The van der Waals surface area contributed by atoms with E-state index in [1.807, 2.05) is 60.0 Å².